The molecule has 0 aliphatic rings. The van der Waals surface area contributed by atoms with Crippen LogP contribution in [-0.2, 0) is 16.6 Å². The van der Waals surface area contributed by atoms with Gasteiger partial charge >= 0.3 is 5.97 Å². The van der Waals surface area contributed by atoms with Crippen LogP contribution in [0, 0.1) is 5.82 Å². The van der Waals surface area contributed by atoms with Crippen molar-refractivity contribution in [3.05, 3.63) is 39.5 Å². The van der Waals surface area contributed by atoms with Gasteiger partial charge in [0.2, 0.25) is 0 Å². The summed E-state index contributed by atoms with van der Waals surface area (Å²) in [6.07, 6.45) is 2.38. The van der Waals surface area contributed by atoms with Crippen LogP contribution in [0.4, 0.5) is 10.2 Å². The van der Waals surface area contributed by atoms with Crippen molar-refractivity contribution < 1.29 is 19.0 Å². The van der Waals surface area contributed by atoms with Gasteiger partial charge < -0.3 is 9.84 Å². The average molecular weight is 388 g/mol. The largest absolute Gasteiger partial charge is 0.506 e. The van der Waals surface area contributed by atoms with Crippen molar-refractivity contribution >= 4 is 47.0 Å². The van der Waals surface area contributed by atoms with Gasteiger partial charge in [-0.3, -0.25) is 0 Å². The number of nitrogens with zero attached hydrogens (tertiary/aromatic N) is 5. The molecule has 0 saturated carbocycles. The molecule has 0 aliphatic heterocycles. The van der Waals surface area contributed by atoms with E-state index in [9.17, 15) is 14.3 Å². The normalized spacial score (nSPS) is 12.4. The number of halogens is 3. The van der Waals surface area contributed by atoms with Crippen molar-refractivity contribution in [1.29, 1.82) is 0 Å². The van der Waals surface area contributed by atoms with Crippen LogP contribution in [0.5, 0.6) is 0 Å². The second-order valence-corrected chi connectivity index (χ2v) is 5.27. The molecule has 8 nitrogen and oxygen atoms in total. The maximum atomic E-state index is 13.6. The molecule has 2 aromatic rings. The Labute approximate surface area is 151 Å². The number of aromatic nitrogens is 4. The Morgan fingerprint density at radius 2 is 2.20 bits per heavy atom. The summed E-state index contributed by atoms with van der Waals surface area (Å²) in [6, 6.07) is 0.853. The van der Waals surface area contributed by atoms with E-state index >= 15 is 0 Å². The Morgan fingerprint density at radius 3 is 2.80 bits per heavy atom. The Kier molecular flexibility index (Phi) is 6.05. The number of hydrogen-bond acceptors (Lipinski definition) is 7. The molecule has 0 atom stereocenters. The number of rotatable bonds is 5. The maximum Gasteiger partial charge on any atom is 0.343 e. The topological polar surface area (TPSA) is 102 Å². The molecule has 0 fully saturated rings. The van der Waals surface area contributed by atoms with Crippen LogP contribution in [0.1, 0.15) is 12.5 Å². The summed E-state index contributed by atoms with van der Waals surface area (Å²) in [5, 5.41) is 16.9. The lowest BCUT2D eigenvalue weighted by molar-refractivity contribution is -0.137. The zero-order valence-electron chi connectivity index (χ0n) is 13.1. The first kappa shape index (κ1) is 18.8. The quantitative estimate of drug-likeness (QED) is 0.278. The third-order valence-electron chi connectivity index (χ3n) is 2.91. The van der Waals surface area contributed by atoms with Crippen molar-refractivity contribution in [3.63, 3.8) is 0 Å². The fourth-order valence-corrected chi connectivity index (χ4v) is 2.12. The maximum absolute atomic E-state index is 13.6. The standard InChI is InChI=1S/C14H12Cl2FN5O3/c1-3-25-14(24)8(5-18-10-6-19-21-22(10)2)11(23)7-4-9(17)13(16)20-12(7)15/h4-6,23H,3H2,1-2H3. The molecule has 2 heterocycles. The molecule has 0 bridgehead atoms. The highest BCUT2D eigenvalue weighted by molar-refractivity contribution is 6.34. The molecular formula is C14H12Cl2FN5O3. The van der Waals surface area contributed by atoms with Crippen molar-refractivity contribution in [1.82, 2.24) is 20.0 Å². The molecule has 0 radical (unpaired) electrons. The highest BCUT2D eigenvalue weighted by atomic mass is 35.5. The van der Waals surface area contributed by atoms with Gasteiger partial charge in [0.15, 0.2) is 16.8 Å². The molecule has 0 spiro atoms. The van der Waals surface area contributed by atoms with Crippen LogP contribution in [0.2, 0.25) is 10.3 Å². The Hall–Kier alpha value is -2.52. The number of hydrogen-bond donors (Lipinski definition) is 1. The van der Waals surface area contributed by atoms with E-state index in [0.29, 0.717) is 5.82 Å². The van der Waals surface area contributed by atoms with Crippen LogP contribution < -0.4 is 0 Å². The van der Waals surface area contributed by atoms with Crippen LogP contribution in [0.15, 0.2) is 22.8 Å². The third-order valence-corrected chi connectivity index (χ3v) is 3.46. The third kappa shape index (κ3) is 4.31. The summed E-state index contributed by atoms with van der Waals surface area (Å²) in [4.78, 5) is 19.7. The number of pyridine rings is 1. The Balaban J connectivity index is 2.55. The zero-order valence-corrected chi connectivity index (χ0v) is 14.6. The van der Waals surface area contributed by atoms with Crippen molar-refractivity contribution in [2.24, 2.45) is 12.0 Å². The van der Waals surface area contributed by atoms with Gasteiger partial charge in [-0.05, 0) is 13.0 Å². The van der Waals surface area contributed by atoms with Gasteiger partial charge in [-0.15, -0.1) is 5.10 Å². The van der Waals surface area contributed by atoms with Gasteiger partial charge in [0.1, 0.15) is 16.5 Å². The van der Waals surface area contributed by atoms with Gasteiger partial charge in [-0.25, -0.2) is 23.8 Å². The molecule has 2 rings (SSSR count). The predicted octanol–water partition coefficient (Wildman–Crippen LogP) is 2.89. The number of aliphatic imine (C=N–C) groups is 1. The molecule has 2 aromatic heterocycles. The lowest BCUT2D eigenvalue weighted by Crippen LogP contribution is -2.12. The smallest absolute Gasteiger partial charge is 0.343 e. The van der Waals surface area contributed by atoms with Crippen molar-refractivity contribution in [2.45, 2.75) is 6.92 Å². The molecule has 132 valence electrons. The van der Waals surface area contributed by atoms with Crippen molar-refractivity contribution in [3.8, 4) is 0 Å². The van der Waals surface area contributed by atoms with Crippen LogP contribution in [0.3, 0.4) is 0 Å². The minimum Gasteiger partial charge on any atom is -0.506 e. The molecule has 25 heavy (non-hydrogen) atoms. The predicted molar refractivity (Wildman–Crippen MR) is 89.6 cm³/mol. The molecule has 11 heteroatoms. The highest BCUT2D eigenvalue weighted by Crippen LogP contribution is 2.27. The van der Waals surface area contributed by atoms with E-state index in [2.05, 4.69) is 20.3 Å². The van der Waals surface area contributed by atoms with Gasteiger partial charge in [-0.2, -0.15) is 0 Å². The molecule has 0 aliphatic carbocycles. The summed E-state index contributed by atoms with van der Waals surface area (Å²) in [5.41, 5.74) is -0.588. The van der Waals surface area contributed by atoms with E-state index < -0.39 is 22.7 Å². The number of esters is 1. The minimum atomic E-state index is -0.913. The summed E-state index contributed by atoms with van der Waals surface area (Å²) in [7, 11) is 1.59. The summed E-state index contributed by atoms with van der Waals surface area (Å²) in [6.45, 7) is 1.64. The van der Waals surface area contributed by atoms with E-state index in [4.69, 9.17) is 27.9 Å². The lowest BCUT2D eigenvalue weighted by atomic mass is 10.1. The first-order valence-corrected chi connectivity index (χ1v) is 7.61. The summed E-state index contributed by atoms with van der Waals surface area (Å²) >= 11 is 11.4. The number of aliphatic hydroxyl groups is 1. The first-order valence-electron chi connectivity index (χ1n) is 6.86. The van der Waals surface area contributed by atoms with Gasteiger partial charge in [0.25, 0.3) is 0 Å². The zero-order chi connectivity index (χ0) is 18.6. The monoisotopic (exact) mass is 387 g/mol. The van der Waals surface area contributed by atoms with E-state index in [1.54, 1.807) is 14.0 Å². The first-order chi connectivity index (χ1) is 11.8. The summed E-state index contributed by atoms with van der Waals surface area (Å²) in [5.74, 6) is -2.15. The number of carbonyl (C=O) groups excluding carboxylic acids is 1. The minimum absolute atomic E-state index is 0.0533. The molecule has 1 N–H and O–H groups in total. The SMILES string of the molecule is CCOC(=O)C(C=Nc1cnnn1C)=C(O)c1cc(F)c(Cl)nc1Cl. The summed E-state index contributed by atoms with van der Waals surface area (Å²) < 4.78 is 19.8. The van der Waals surface area contributed by atoms with E-state index in [1.165, 1.54) is 10.9 Å². The van der Waals surface area contributed by atoms with Crippen LogP contribution in [-0.4, -0.2) is 43.9 Å². The van der Waals surface area contributed by atoms with E-state index in [-0.39, 0.29) is 22.9 Å². The van der Waals surface area contributed by atoms with Crippen molar-refractivity contribution in [2.75, 3.05) is 6.61 Å². The average Bonchev–Trinajstić information content (AvgIpc) is 2.96. The number of ether oxygens (including phenoxy) is 1. The number of aliphatic hydroxyl groups excluding tert-OH is 1. The second kappa shape index (κ2) is 8.04. The number of aryl methyl sites for hydroxylation is 1. The Bertz CT molecular complexity index is 866. The fourth-order valence-electron chi connectivity index (χ4n) is 1.71. The second-order valence-electron chi connectivity index (χ2n) is 4.56. The van der Waals surface area contributed by atoms with Crippen LogP contribution >= 0.6 is 23.2 Å². The van der Waals surface area contributed by atoms with E-state index in [0.717, 1.165) is 12.3 Å². The number of carbonyl (C=O) groups is 1. The van der Waals surface area contributed by atoms with Gasteiger partial charge in [0, 0.05) is 13.3 Å². The van der Waals surface area contributed by atoms with Gasteiger partial charge in [0.05, 0.1) is 18.4 Å². The molecule has 0 unspecified atom stereocenters. The highest BCUT2D eigenvalue weighted by Gasteiger charge is 2.20. The van der Waals surface area contributed by atoms with E-state index in [1.807, 2.05) is 0 Å². The lowest BCUT2D eigenvalue weighted by Gasteiger charge is -2.08. The van der Waals surface area contributed by atoms with Crippen LogP contribution in [0.25, 0.3) is 5.76 Å². The molecular weight excluding hydrogens is 376 g/mol. The van der Waals surface area contributed by atoms with Gasteiger partial charge in [-0.1, -0.05) is 28.4 Å². The Morgan fingerprint density at radius 1 is 1.48 bits per heavy atom. The molecule has 0 saturated heterocycles. The molecule has 0 amide bonds. The molecule has 0 aromatic carbocycles. The fraction of sp³-hybridized carbons (Fsp3) is 0.214.